The van der Waals surface area contributed by atoms with E-state index in [2.05, 4.69) is 64.5 Å². The molecule has 0 spiro atoms. The minimum Gasteiger partial charge on any atom is -0.118 e. The summed E-state index contributed by atoms with van der Waals surface area (Å²) >= 11 is 9.39. The molecule has 0 aliphatic heterocycles. The lowest BCUT2D eigenvalue weighted by molar-refractivity contribution is 1.28. The van der Waals surface area contributed by atoms with Gasteiger partial charge in [-0.2, -0.15) is 0 Å². The molecule has 1 unspecified atom stereocenters. The third-order valence-corrected chi connectivity index (χ3v) is 3.83. The van der Waals surface area contributed by atoms with Crippen LogP contribution in [-0.2, 0) is 0 Å². The Hall–Kier alpha value is -0.790. The second kappa shape index (κ2) is 5.51. The van der Waals surface area contributed by atoms with Gasteiger partial charge in [-0.3, -0.25) is 0 Å². The zero-order valence-electron chi connectivity index (χ0n) is 8.74. The van der Waals surface area contributed by atoms with Crippen LogP contribution in [0.1, 0.15) is 5.56 Å². The maximum Gasteiger partial charge on any atom is 0.0616 e. The Labute approximate surface area is 109 Å². The second-order valence-corrected chi connectivity index (χ2v) is 4.81. The molecule has 0 heterocycles. The molecule has 82 valence electrons. The molecule has 2 aromatic carbocycles. The van der Waals surface area contributed by atoms with E-state index in [1.807, 2.05) is 6.08 Å². The van der Waals surface area contributed by atoms with Crippen molar-refractivity contribution in [3.05, 3.63) is 54.1 Å². The molecular weight excluding hydrogens is 284 g/mol. The van der Waals surface area contributed by atoms with Crippen LogP contribution in [0.3, 0.4) is 0 Å². The maximum absolute atomic E-state index is 6.03. The summed E-state index contributed by atoms with van der Waals surface area (Å²) in [4.78, 5) is 0. The minimum absolute atomic E-state index is 0.0407. The van der Waals surface area contributed by atoms with Gasteiger partial charge in [-0.1, -0.05) is 70.5 Å². The van der Waals surface area contributed by atoms with Crippen molar-refractivity contribution in [2.24, 2.45) is 0 Å². The van der Waals surface area contributed by atoms with E-state index in [0.29, 0.717) is 0 Å². The molecule has 0 radical (unpaired) electrons. The number of halogens is 2. The number of allylic oxidation sites excluding steroid dienone is 1. The minimum atomic E-state index is 0.0407. The van der Waals surface area contributed by atoms with Crippen LogP contribution in [0.25, 0.3) is 16.8 Å². The van der Waals surface area contributed by atoms with Gasteiger partial charge in [-0.25, -0.2) is 0 Å². The fourth-order valence-electron chi connectivity index (χ4n) is 1.66. The summed E-state index contributed by atoms with van der Waals surface area (Å²) in [5.41, 5.74) is 1.21. The van der Waals surface area contributed by atoms with Crippen LogP contribution < -0.4 is 0 Å². The highest BCUT2D eigenvalue weighted by Gasteiger charge is 1.98. The van der Waals surface area contributed by atoms with E-state index < -0.39 is 0 Å². The Morgan fingerprint density at radius 1 is 1.12 bits per heavy atom. The molecule has 2 rings (SSSR count). The van der Waals surface area contributed by atoms with Crippen molar-refractivity contribution >= 4 is 44.4 Å². The van der Waals surface area contributed by atoms with E-state index in [4.69, 9.17) is 11.6 Å². The number of hydrogen-bond donors (Lipinski definition) is 0. The number of fused-ring (bicyclic) bond motifs is 1. The first-order valence-electron chi connectivity index (χ1n) is 5.17. The third-order valence-electron chi connectivity index (χ3n) is 2.46. The normalized spacial score (nSPS) is 13.4. The van der Waals surface area contributed by atoms with E-state index >= 15 is 0 Å². The molecule has 0 aromatic heterocycles. The van der Waals surface area contributed by atoms with Gasteiger partial charge in [0, 0.05) is 5.33 Å². The van der Waals surface area contributed by atoms with Gasteiger partial charge in [0.25, 0.3) is 0 Å². The molecule has 0 aliphatic carbocycles. The van der Waals surface area contributed by atoms with Gasteiger partial charge in [0.05, 0.1) is 5.38 Å². The first kappa shape index (κ1) is 11.7. The Balaban J connectivity index is 2.41. The van der Waals surface area contributed by atoms with Gasteiger partial charge >= 0.3 is 0 Å². The highest BCUT2D eigenvalue weighted by atomic mass is 79.9. The third kappa shape index (κ3) is 2.66. The molecule has 2 aromatic rings. The van der Waals surface area contributed by atoms with Crippen LogP contribution in [0.2, 0.25) is 0 Å². The Kier molecular flexibility index (Phi) is 4.03. The van der Waals surface area contributed by atoms with E-state index in [9.17, 15) is 0 Å². The van der Waals surface area contributed by atoms with Crippen LogP contribution >= 0.6 is 27.5 Å². The summed E-state index contributed by atoms with van der Waals surface area (Å²) in [6.07, 6.45) is 4.10. The van der Waals surface area contributed by atoms with Crippen molar-refractivity contribution < 1.29 is 0 Å². The summed E-state index contributed by atoms with van der Waals surface area (Å²) < 4.78 is 0. The Bertz CT molecular complexity index is 500. The van der Waals surface area contributed by atoms with Gasteiger partial charge in [0.2, 0.25) is 0 Å². The number of benzene rings is 2. The Morgan fingerprint density at radius 3 is 2.69 bits per heavy atom. The summed E-state index contributed by atoms with van der Waals surface area (Å²) in [5.74, 6) is 0. The standard InChI is InChI=1S/C14H12BrCl/c15-10-13(16)9-8-12-6-3-5-11-4-1-2-7-14(11)12/h1-9,13H,10H2/b9-8+. The molecule has 0 saturated heterocycles. The molecule has 2 heteroatoms. The van der Waals surface area contributed by atoms with Crippen LogP contribution in [0.15, 0.2) is 48.5 Å². The van der Waals surface area contributed by atoms with Crippen LogP contribution in [-0.4, -0.2) is 10.7 Å². The Morgan fingerprint density at radius 2 is 1.88 bits per heavy atom. The smallest absolute Gasteiger partial charge is 0.0616 e. The molecule has 0 saturated carbocycles. The summed E-state index contributed by atoms with van der Waals surface area (Å²) in [6, 6.07) is 14.7. The molecule has 0 fully saturated rings. The summed E-state index contributed by atoms with van der Waals surface area (Å²) in [6.45, 7) is 0. The van der Waals surface area contributed by atoms with Gasteiger partial charge in [-0.15, -0.1) is 11.6 Å². The fraction of sp³-hybridized carbons (Fsp3) is 0.143. The lowest BCUT2D eigenvalue weighted by Gasteiger charge is -2.02. The lowest BCUT2D eigenvalue weighted by Crippen LogP contribution is -1.92. The monoisotopic (exact) mass is 294 g/mol. The van der Waals surface area contributed by atoms with Crippen LogP contribution in [0, 0.1) is 0 Å². The number of alkyl halides is 2. The summed E-state index contributed by atoms with van der Waals surface area (Å²) in [7, 11) is 0. The average Bonchev–Trinajstić information content (AvgIpc) is 2.35. The van der Waals surface area contributed by atoms with Crippen molar-refractivity contribution in [2.45, 2.75) is 5.38 Å². The fourth-order valence-corrected chi connectivity index (χ4v) is 1.94. The van der Waals surface area contributed by atoms with Crippen molar-refractivity contribution in [2.75, 3.05) is 5.33 Å². The molecular formula is C14H12BrCl. The van der Waals surface area contributed by atoms with E-state index in [1.54, 1.807) is 0 Å². The van der Waals surface area contributed by atoms with Crippen LogP contribution in [0.4, 0.5) is 0 Å². The van der Waals surface area contributed by atoms with E-state index in [0.717, 1.165) is 5.33 Å². The topological polar surface area (TPSA) is 0 Å². The molecule has 1 atom stereocenters. The molecule has 0 bridgehead atoms. The highest BCUT2D eigenvalue weighted by molar-refractivity contribution is 9.09. The quantitative estimate of drug-likeness (QED) is 0.710. The predicted molar refractivity (Wildman–Crippen MR) is 76.4 cm³/mol. The molecule has 0 N–H and O–H groups in total. The van der Waals surface area contributed by atoms with Gasteiger partial charge in [0.15, 0.2) is 0 Å². The predicted octanol–water partition coefficient (Wildman–Crippen LogP) is 4.86. The van der Waals surface area contributed by atoms with Gasteiger partial charge < -0.3 is 0 Å². The largest absolute Gasteiger partial charge is 0.118 e. The van der Waals surface area contributed by atoms with Crippen molar-refractivity contribution in [3.63, 3.8) is 0 Å². The second-order valence-electron chi connectivity index (χ2n) is 3.60. The molecule has 0 amide bonds. The number of rotatable bonds is 3. The SMILES string of the molecule is ClC(/C=C/c1cccc2ccccc12)CBr. The average molecular weight is 296 g/mol. The van der Waals surface area contributed by atoms with Crippen molar-refractivity contribution in [1.82, 2.24) is 0 Å². The zero-order chi connectivity index (χ0) is 11.4. The van der Waals surface area contributed by atoms with Crippen LogP contribution in [0.5, 0.6) is 0 Å². The number of hydrogen-bond acceptors (Lipinski definition) is 0. The first-order valence-corrected chi connectivity index (χ1v) is 6.73. The van der Waals surface area contributed by atoms with Gasteiger partial charge in [-0.05, 0) is 16.3 Å². The first-order chi connectivity index (χ1) is 7.81. The zero-order valence-corrected chi connectivity index (χ0v) is 11.1. The maximum atomic E-state index is 6.03. The van der Waals surface area contributed by atoms with E-state index in [1.165, 1.54) is 16.3 Å². The lowest BCUT2D eigenvalue weighted by atomic mass is 10.0. The molecule has 0 nitrogen and oxygen atoms in total. The van der Waals surface area contributed by atoms with Crippen molar-refractivity contribution in [3.8, 4) is 0 Å². The van der Waals surface area contributed by atoms with Crippen molar-refractivity contribution in [1.29, 1.82) is 0 Å². The van der Waals surface area contributed by atoms with E-state index in [-0.39, 0.29) is 5.38 Å². The molecule has 16 heavy (non-hydrogen) atoms. The van der Waals surface area contributed by atoms with Gasteiger partial charge in [0.1, 0.15) is 0 Å². The summed E-state index contributed by atoms with van der Waals surface area (Å²) in [5, 5.41) is 3.34. The highest BCUT2D eigenvalue weighted by Crippen LogP contribution is 2.20. The molecule has 0 aliphatic rings.